The summed E-state index contributed by atoms with van der Waals surface area (Å²) in [6, 6.07) is 1.11. The minimum absolute atomic E-state index is 0.0599. The molecular formula is C11H14FN3OS. The fraction of sp³-hybridized carbons (Fsp3) is 0.455. The van der Waals surface area contributed by atoms with Gasteiger partial charge in [-0.1, -0.05) is 0 Å². The van der Waals surface area contributed by atoms with Crippen molar-refractivity contribution in [2.45, 2.75) is 6.42 Å². The Balaban J connectivity index is 1.96. The van der Waals surface area contributed by atoms with Gasteiger partial charge in [0.25, 0.3) is 5.91 Å². The summed E-state index contributed by atoms with van der Waals surface area (Å²) in [5.41, 5.74) is 5.64. The van der Waals surface area contributed by atoms with Crippen molar-refractivity contribution in [1.82, 2.24) is 10.3 Å². The number of halogens is 1. The predicted octanol–water partition coefficient (Wildman–Crippen LogP) is 1.29. The number of pyridine rings is 1. The van der Waals surface area contributed by atoms with Gasteiger partial charge in [-0.15, -0.1) is 0 Å². The fourth-order valence-electron chi connectivity index (χ4n) is 1.71. The minimum atomic E-state index is -0.555. The summed E-state index contributed by atoms with van der Waals surface area (Å²) in [5, 5.41) is 2.77. The average molecular weight is 255 g/mol. The first-order chi connectivity index (χ1) is 8.16. The number of anilines is 1. The number of hydrogen-bond donors (Lipinski definition) is 2. The van der Waals surface area contributed by atoms with Crippen molar-refractivity contribution in [3.05, 3.63) is 23.6 Å². The van der Waals surface area contributed by atoms with Gasteiger partial charge >= 0.3 is 0 Å². The SMILES string of the molecule is Nc1ncc(F)cc1C(=O)NCC1CCSC1. The van der Waals surface area contributed by atoms with Crippen molar-refractivity contribution >= 4 is 23.5 Å². The Morgan fingerprint density at radius 2 is 2.53 bits per heavy atom. The molecule has 0 saturated carbocycles. The van der Waals surface area contributed by atoms with Crippen LogP contribution in [-0.2, 0) is 0 Å². The maximum absolute atomic E-state index is 12.9. The number of rotatable bonds is 3. The molecule has 2 rings (SSSR count). The van der Waals surface area contributed by atoms with Crippen LogP contribution in [0.25, 0.3) is 0 Å². The molecular weight excluding hydrogens is 241 g/mol. The highest BCUT2D eigenvalue weighted by molar-refractivity contribution is 7.99. The second-order valence-electron chi connectivity index (χ2n) is 4.03. The molecule has 1 aliphatic heterocycles. The lowest BCUT2D eigenvalue weighted by atomic mass is 10.1. The third-order valence-corrected chi connectivity index (χ3v) is 3.94. The Morgan fingerprint density at radius 1 is 1.71 bits per heavy atom. The van der Waals surface area contributed by atoms with E-state index in [0.29, 0.717) is 12.5 Å². The number of nitrogens with one attached hydrogen (secondary N) is 1. The van der Waals surface area contributed by atoms with Crippen molar-refractivity contribution in [3.63, 3.8) is 0 Å². The van der Waals surface area contributed by atoms with Crippen LogP contribution in [0.2, 0.25) is 0 Å². The van der Waals surface area contributed by atoms with E-state index in [1.54, 1.807) is 0 Å². The zero-order chi connectivity index (χ0) is 12.3. The molecule has 0 aromatic carbocycles. The first-order valence-corrected chi connectivity index (χ1v) is 6.59. The largest absolute Gasteiger partial charge is 0.383 e. The molecule has 6 heteroatoms. The highest BCUT2D eigenvalue weighted by atomic mass is 32.2. The van der Waals surface area contributed by atoms with E-state index < -0.39 is 5.82 Å². The fourth-order valence-corrected chi connectivity index (χ4v) is 2.99. The molecule has 1 atom stereocenters. The molecule has 1 aromatic rings. The van der Waals surface area contributed by atoms with E-state index in [1.165, 1.54) is 0 Å². The number of aromatic nitrogens is 1. The van der Waals surface area contributed by atoms with Gasteiger partial charge in [0.05, 0.1) is 11.8 Å². The molecule has 0 bridgehead atoms. The summed E-state index contributed by atoms with van der Waals surface area (Å²) in [5.74, 6) is 1.87. The van der Waals surface area contributed by atoms with Gasteiger partial charge in [-0.25, -0.2) is 9.37 Å². The lowest BCUT2D eigenvalue weighted by molar-refractivity contribution is 0.0948. The summed E-state index contributed by atoms with van der Waals surface area (Å²) in [6.45, 7) is 0.613. The van der Waals surface area contributed by atoms with Crippen LogP contribution in [0.1, 0.15) is 16.8 Å². The van der Waals surface area contributed by atoms with Gasteiger partial charge in [-0.05, 0) is 29.9 Å². The maximum atomic E-state index is 12.9. The van der Waals surface area contributed by atoms with Crippen LogP contribution >= 0.6 is 11.8 Å². The van der Waals surface area contributed by atoms with Crippen LogP contribution in [0.5, 0.6) is 0 Å². The smallest absolute Gasteiger partial charge is 0.255 e. The van der Waals surface area contributed by atoms with Crippen LogP contribution in [0.15, 0.2) is 12.3 Å². The molecule has 1 aliphatic rings. The summed E-state index contributed by atoms with van der Waals surface area (Å²) in [4.78, 5) is 15.4. The third-order valence-electron chi connectivity index (χ3n) is 2.71. The molecule has 2 heterocycles. The molecule has 4 nitrogen and oxygen atoms in total. The van der Waals surface area contributed by atoms with Gasteiger partial charge in [0.1, 0.15) is 11.6 Å². The summed E-state index contributed by atoms with van der Waals surface area (Å²) in [7, 11) is 0. The number of carbonyl (C=O) groups is 1. The van der Waals surface area contributed by atoms with Crippen molar-refractivity contribution in [2.75, 3.05) is 23.8 Å². The van der Waals surface area contributed by atoms with Gasteiger partial charge in [0.15, 0.2) is 0 Å². The molecule has 1 amide bonds. The lowest BCUT2D eigenvalue weighted by Gasteiger charge is -2.10. The van der Waals surface area contributed by atoms with Crippen LogP contribution in [0.4, 0.5) is 10.2 Å². The Kier molecular flexibility index (Phi) is 3.83. The molecule has 0 spiro atoms. The number of carbonyl (C=O) groups excluding carboxylic acids is 1. The number of amides is 1. The topological polar surface area (TPSA) is 68.0 Å². The first kappa shape index (κ1) is 12.2. The van der Waals surface area contributed by atoms with Crippen LogP contribution in [-0.4, -0.2) is 28.9 Å². The third kappa shape index (κ3) is 3.09. The lowest BCUT2D eigenvalue weighted by Crippen LogP contribution is -2.30. The molecule has 92 valence electrons. The molecule has 1 aromatic heterocycles. The minimum Gasteiger partial charge on any atom is -0.383 e. The molecule has 1 saturated heterocycles. The van der Waals surface area contributed by atoms with Gasteiger partial charge in [-0.3, -0.25) is 4.79 Å². The van der Waals surface area contributed by atoms with Crippen molar-refractivity contribution < 1.29 is 9.18 Å². The van der Waals surface area contributed by atoms with E-state index in [1.807, 2.05) is 11.8 Å². The van der Waals surface area contributed by atoms with Gasteiger partial charge in [0.2, 0.25) is 0 Å². The Labute approximate surface area is 103 Å². The van der Waals surface area contributed by atoms with Gasteiger partial charge in [0, 0.05) is 6.54 Å². The highest BCUT2D eigenvalue weighted by Gasteiger charge is 2.18. The molecule has 3 N–H and O–H groups in total. The summed E-state index contributed by atoms with van der Waals surface area (Å²) < 4.78 is 12.9. The van der Waals surface area contributed by atoms with E-state index >= 15 is 0 Å². The number of nitrogens with zero attached hydrogens (tertiary/aromatic N) is 1. The van der Waals surface area contributed by atoms with E-state index in [4.69, 9.17) is 5.73 Å². The van der Waals surface area contributed by atoms with E-state index in [0.717, 1.165) is 30.2 Å². The molecule has 0 aliphatic carbocycles. The zero-order valence-corrected chi connectivity index (χ0v) is 10.1. The first-order valence-electron chi connectivity index (χ1n) is 5.44. The second kappa shape index (κ2) is 5.35. The zero-order valence-electron chi connectivity index (χ0n) is 9.28. The summed E-state index contributed by atoms with van der Waals surface area (Å²) >= 11 is 1.89. The van der Waals surface area contributed by atoms with E-state index in [2.05, 4.69) is 10.3 Å². The van der Waals surface area contributed by atoms with Crippen LogP contribution in [0.3, 0.4) is 0 Å². The van der Waals surface area contributed by atoms with Crippen molar-refractivity contribution in [2.24, 2.45) is 5.92 Å². The highest BCUT2D eigenvalue weighted by Crippen LogP contribution is 2.22. The van der Waals surface area contributed by atoms with Gasteiger partial charge in [-0.2, -0.15) is 11.8 Å². The molecule has 17 heavy (non-hydrogen) atoms. The van der Waals surface area contributed by atoms with E-state index in [9.17, 15) is 9.18 Å². The standard InChI is InChI=1S/C11H14FN3OS/c12-8-3-9(10(13)14-5-8)11(16)15-4-7-1-2-17-6-7/h3,5,7H,1-2,4,6H2,(H2,13,14)(H,15,16). The normalized spacial score (nSPS) is 19.2. The van der Waals surface area contributed by atoms with E-state index in [-0.39, 0.29) is 17.3 Å². The number of nitrogen functional groups attached to an aromatic ring is 1. The number of hydrogen-bond acceptors (Lipinski definition) is 4. The summed E-state index contributed by atoms with van der Waals surface area (Å²) in [6.07, 6.45) is 2.11. The van der Waals surface area contributed by atoms with Gasteiger partial charge < -0.3 is 11.1 Å². The average Bonchev–Trinajstić information content (AvgIpc) is 2.82. The van der Waals surface area contributed by atoms with Crippen molar-refractivity contribution in [3.8, 4) is 0 Å². The number of thioether (sulfide) groups is 1. The van der Waals surface area contributed by atoms with Crippen LogP contribution < -0.4 is 11.1 Å². The molecule has 1 unspecified atom stereocenters. The predicted molar refractivity (Wildman–Crippen MR) is 66.4 cm³/mol. The Morgan fingerprint density at radius 3 is 3.24 bits per heavy atom. The Bertz CT molecular complexity index is 421. The van der Waals surface area contributed by atoms with Crippen molar-refractivity contribution in [1.29, 1.82) is 0 Å². The monoisotopic (exact) mass is 255 g/mol. The number of nitrogens with two attached hydrogens (primary N) is 1. The molecule has 0 radical (unpaired) electrons. The second-order valence-corrected chi connectivity index (χ2v) is 5.18. The maximum Gasteiger partial charge on any atom is 0.255 e. The molecule has 1 fully saturated rings. The Hall–Kier alpha value is -1.30. The quantitative estimate of drug-likeness (QED) is 0.854. The van der Waals surface area contributed by atoms with Crippen LogP contribution in [0, 0.1) is 11.7 Å².